The topological polar surface area (TPSA) is 80.8 Å². The summed E-state index contributed by atoms with van der Waals surface area (Å²) in [6.45, 7) is 4.43. The van der Waals surface area contributed by atoms with Crippen LogP contribution in [0.5, 0.6) is 0 Å². The van der Waals surface area contributed by atoms with Crippen LogP contribution in [0.15, 0.2) is 53.9 Å². The maximum absolute atomic E-state index is 12.6. The molecule has 1 saturated heterocycles. The zero-order valence-corrected chi connectivity index (χ0v) is 18.7. The number of hydrogen-bond acceptors (Lipinski definition) is 6. The molecule has 1 fully saturated rings. The van der Waals surface area contributed by atoms with Gasteiger partial charge in [0.1, 0.15) is 6.61 Å². The number of benzene rings is 2. The highest BCUT2D eigenvalue weighted by atomic mass is 32.1. The Labute approximate surface area is 191 Å². The number of carbonyl (C=O) groups excluding carboxylic acids is 2. The highest BCUT2D eigenvalue weighted by molar-refractivity contribution is 7.14. The van der Waals surface area contributed by atoms with E-state index in [0.717, 1.165) is 23.2 Å². The van der Waals surface area contributed by atoms with Crippen molar-refractivity contribution in [2.75, 3.05) is 31.6 Å². The Morgan fingerprint density at radius 3 is 2.44 bits per heavy atom. The largest absolute Gasteiger partial charge is 0.445 e. The summed E-state index contributed by atoms with van der Waals surface area (Å²) in [7, 11) is 0. The normalized spacial score (nSPS) is 13.6. The smallest absolute Gasteiger partial charge is 0.410 e. The van der Waals surface area contributed by atoms with Gasteiger partial charge in [-0.1, -0.05) is 43.3 Å². The first-order valence-electron chi connectivity index (χ1n) is 10.6. The lowest BCUT2D eigenvalue weighted by atomic mass is 10.1. The number of nitrogens with zero attached hydrogens (tertiary/aromatic N) is 2. The van der Waals surface area contributed by atoms with Gasteiger partial charge in [-0.3, -0.25) is 10.1 Å². The second kappa shape index (κ2) is 10.4. The molecule has 2 aromatic carbocycles. The molecule has 1 aliphatic rings. The number of anilines is 1. The molecule has 1 aromatic heterocycles. The van der Waals surface area contributed by atoms with Crippen LogP contribution in [0, 0.1) is 0 Å². The van der Waals surface area contributed by atoms with Gasteiger partial charge in [-0.2, -0.15) is 0 Å². The molecule has 0 atom stereocenters. The van der Waals surface area contributed by atoms with Crippen molar-refractivity contribution < 1.29 is 19.1 Å². The van der Waals surface area contributed by atoms with Crippen molar-refractivity contribution in [2.45, 2.75) is 20.0 Å². The average molecular weight is 452 g/mol. The second-order valence-corrected chi connectivity index (χ2v) is 8.25. The molecule has 1 N–H and O–H groups in total. The maximum atomic E-state index is 12.6. The minimum atomic E-state index is -0.348. The van der Waals surface area contributed by atoms with Crippen molar-refractivity contribution in [2.24, 2.45) is 0 Å². The van der Waals surface area contributed by atoms with E-state index in [1.807, 2.05) is 17.5 Å². The summed E-state index contributed by atoms with van der Waals surface area (Å²) < 4.78 is 10.6. The van der Waals surface area contributed by atoms with E-state index in [0.29, 0.717) is 37.0 Å². The van der Waals surface area contributed by atoms with E-state index < -0.39 is 0 Å². The first-order chi connectivity index (χ1) is 15.6. The number of hydrogen-bond donors (Lipinski definition) is 1. The van der Waals surface area contributed by atoms with Crippen LogP contribution >= 0.6 is 11.3 Å². The molecular weight excluding hydrogens is 426 g/mol. The first-order valence-corrected chi connectivity index (χ1v) is 11.4. The number of nitrogens with one attached hydrogen (secondary N) is 1. The summed E-state index contributed by atoms with van der Waals surface area (Å²) in [5.74, 6) is -0.232. The second-order valence-electron chi connectivity index (χ2n) is 7.39. The number of aryl methyl sites for hydroxylation is 1. The third kappa shape index (κ3) is 5.52. The van der Waals surface area contributed by atoms with Crippen molar-refractivity contribution in [3.05, 3.63) is 70.6 Å². The molecule has 0 spiro atoms. The predicted octanol–water partition coefficient (Wildman–Crippen LogP) is 4.59. The number of ether oxygens (including phenoxy) is 2. The van der Waals surface area contributed by atoms with Gasteiger partial charge in [0.05, 0.1) is 18.9 Å². The molecule has 1 aliphatic heterocycles. The molecule has 3 aromatic rings. The van der Waals surface area contributed by atoms with Gasteiger partial charge in [0, 0.05) is 29.6 Å². The molecule has 7 nitrogen and oxygen atoms in total. The van der Waals surface area contributed by atoms with Crippen LogP contribution < -0.4 is 5.32 Å². The van der Waals surface area contributed by atoms with E-state index in [-0.39, 0.29) is 18.6 Å². The minimum Gasteiger partial charge on any atom is -0.445 e. The fourth-order valence-corrected chi connectivity index (χ4v) is 3.99. The molecule has 2 amide bonds. The molecule has 0 unspecified atom stereocenters. The third-order valence-corrected chi connectivity index (χ3v) is 5.99. The van der Waals surface area contributed by atoms with Crippen molar-refractivity contribution in [3.8, 4) is 11.3 Å². The molecule has 0 aliphatic carbocycles. The van der Waals surface area contributed by atoms with Crippen LogP contribution in [0.25, 0.3) is 11.3 Å². The Bertz CT molecular complexity index is 1060. The van der Waals surface area contributed by atoms with E-state index in [2.05, 4.69) is 29.4 Å². The lowest BCUT2D eigenvalue weighted by Gasteiger charge is -2.25. The van der Waals surface area contributed by atoms with Crippen LogP contribution in [0.4, 0.5) is 9.93 Å². The number of rotatable bonds is 6. The zero-order valence-electron chi connectivity index (χ0n) is 17.9. The standard InChI is InChI=1S/C24H25N3O4S/c1-2-17-3-7-19(8-4-17)21-16-32-23(25-21)26-22(28)20-9-5-18(6-10-20)15-31-24(29)27-11-13-30-14-12-27/h3-10,16H,2,11-15H2,1H3,(H,25,26,28). The number of carbonyl (C=O) groups is 2. The van der Waals surface area contributed by atoms with Gasteiger partial charge in [-0.15, -0.1) is 11.3 Å². The summed E-state index contributed by atoms with van der Waals surface area (Å²) >= 11 is 1.39. The summed E-state index contributed by atoms with van der Waals surface area (Å²) in [6, 6.07) is 15.3. The summed E-state index contributed by atoms with van der Waals surface area (Å²) in [4.78, 5) is 30.8. The SMILES string of the molecule is CCc1ccc(-c2csc(NC(=O)c3ccc(COC(=O)N4CCOCC4)cc3)n2)cc1. The number of aromatic nitrogens is 1. The van der Waals surface area contributed by atoms with E-state index >= 15 is 0 Å². The Morgan fingerprint density at radius 1 is 1.06 bits per heavy atom. The van der Waals surface area contributed by atoms with E-state index in [1.54, 1.807) is 29.2 Å². The third-order valence-electron chi connectivity index (χ3n) is 5.23. The lowest BCUT2D eigenvalue weighted by Crippen LogP contribution is -2.40. The van der Waals surface area contributed by atoms with Crippen molar-refractivity contribution >= 4 is 28.5 Å². The molecule has 2 heterocycles. The van der Waals surface area contributed by atoms with Crippen LogP contribution in [0.2, 0.25) is 0 Å². The Morgan fingerprint density at radius 2 is 1.75 bits per heavy atom. The monoisotopic (exact) mass is 451 g/mol. The molecule has 32 heavy (non-hydrogen) atoms. The lowest BCUT2D eigenvalue weighted by molar-refractivity contribution is 0.0249. The Kier molecular flexibility index (Phi) is 7.14. The highest BCUT2D eigenvalue weighted by Crippen LogP contribution is 2.25. The van der Waals surface area contributed by atoms with Gasteiger partial charge in [-0.25, -0.2) is 9.78 Å². The maximum Gasteiger partial charge on any atom is 0.410 e. The zero-order chi connectivity index (χ0) is 22.3. The number of amides is 2. The fraction of sp³-hybridized carbons (Fsp3) is 0.292. The van der Waals surface area contributed by atoms with Gasteiger partial charge in [0.25, 0.3) is 5.91 Å². The van der Waals surface area contributed by atoms with Gasteiger partial charge >= 0.3 is 6.09 Å². The van der Waals surface area contributed by atoms with Gasteiger partial charge in [-0.05, 0) is 29.7 Å². The number of morpholine rings is 1. The van der Waals surface area contributed by atoms with Crippen LogP contribution in [0.3, 0.4) is 0 Å². The van der Waals surface area contributed by atoms with E-state index in [9.17, 15) is 9.59 Å². The molecule has 166 valence electrons. The van der Waals surface area contributed by atoms with Gasteiger partial charge < -0.3 is 14.4 Å². The highest BCUT2D eigenvalue weighted by Gasteiger charge is 2.18. The molecular formula is C24H25N3O4S. The van der Waals surface area contributed by atoms with Gasteiger partial charge in [0.15, 0.2) is 5.13 Å². The summed E-state index contributed by atoms with van der Waals surface area (Å²) in [5.41, 5.74) is 4.46. The predicted molar refractivity (Wildman–Crippen MR) is 124 cm³/mol. The fourth-order valence-electron chi connectivity index (χ4n) is 3.28. The summed E-state index contributed by atoms with van der Waals surface area (Å²) in [6.07, 6.45) is 0.646. The van der Waals surface area contributed by atoms with Crippen LogP contribution in [-0.4, -0.2) is 48.2 Å². The molecule has 0 bridgehead atoms. The number of thiazole rings is 1. The first kappa shape index (κ1) is 22.0. The van der Waals surface area contributed by atoms with Crippen molar-refractivity contribution in [3.63, 3.8) is 0 Å². The van der Waals surface area contributed by atoms with E-state index in [4.69, 9.17) is 9.47 Å². The quantitative estimate of drug-likeness (QED) is 0.593. The van der Waals surface area contributed by atoms with E-state index in [1.165, 1.54) is 16.9 Å². The van der Waals surface area contributed by atoms with Crippen molar-refractivity contribution in [1.29, 1.82) is 0 Å². The summed E-state index contributed by atoms with van der Waals surface area (Å²) in [5, 5.41) is 5.33. The van der Waals surface area contributed by atoms with Crippen LogP contribution in [0.1, 0.15) is 28.4 Å². The molecule has 0 saturated carbocycles. The Balaban J connectivity index is 1.31. The van der Waals surface area contributed by atoms with Crippen LogP contribution in [-0.2, 0) is 22.5 Å². The molecule has 0 radical (unpaired) electrons. The average Bonchev–Trinajstić information content (AvgIpc) is 3.32. The molecule has 8 heteroatoms. The van der Waals surface area contributed by atoms with Crippen molar-refractivity contribution in [1.82, 2.24) is 9.88 Å². The Hall–Kier alpha value is -3.23. The molecule has 4 rings (SSSR count). The van der Waals surface area contributed by atoms with Gasteiger partial charge in [0.2, 0.25) is 0 Å². The minimum absolute atomic E-state index is 0.157.